The molecule has 1 nitrogen and oxygen atoms in total. The lowest BCUT2D eigenvalue weighted by Crippen LogP contribution is -2.33. The Bertz CT molecular complexity index is 109. The van der Waals surface area contributed by atoms with Gasteiger partial charge in [-0.3, -0.25) is 4.90 Å². The van der Waals surface area contributed by atoms with Crippen LogP contribution in [0.15, 0.2) is 0 Å². The molecule has 0 fully saturated rings. The summed E-state index contributed by atoms with van der Waals surface area (Å²) < 4.78 is 0. The largest absolute Gasteiger partial charge is 0.291 e. The SMILES string of the molecule is CCCCN(CCCC)C([S])CCC. The third-order valence-corrected chi connectivity index (χ3v) is 3.07. The van der Waals surface area contributed by atoms with Gasteiger partial charge in [-0.15, -0.1) is 0 Å². The fourth-order valence-electron chi connectivity index (χ4n) is 1.55. The molecule has 0 aromatic carbocycles. The highest BCUT2D eigenvalue weighted by molar-refractivity contribution is 7.80. The summed E-state index contributed by atoms with van der Waals surface area (Å²) in [6.07, 6.45) is 7.51. The van der Waals surface area contributed by atoms with Crippen molar-refractivity contribution in [3.05, 3.63) is 0 Å². The minimum atomic E-state index is 0.373. The fraction of sp³-hybridized carbons (Fsp3) is 1.00. The van der Waals surface area contributed by atoms with Gasteiger partial charge >= 0.3 is 0 Å². The normalized spacial score (nSPS) is 13.5. The van der Waals surface area contributed by atoms with Gasteiger partial charge in [0.25, 0.3) is 0 Å². The lowest BCUT2D eigenvalue weighted by atomic mass is 10.2. The first-order valence-electron chi connectivity index (χ1n) is 6.16. The highest BCUT2D eigenvalue weighted by Gasteiger charge is 2.12. The minimum absolute atomic E-state index is 0.373. The standard InChI is InChI=1S/C12H26NS/c1-4-7-10-13(11-8-5-2)12(14)9-6-3/h12H,4-11H2,1-3H3. The first-order chi connectivity index (χ1) is 6.76. The van der Waals surface area contributed by atoms with E-state index in [-0.39, 0.29) is 0 Å². The lowest BCUT2D eigenvalue weighted by Gasteiger charge is -2.27. The van der Waals surface area contributed by atoms with Gasteiger partial charge in [-0.05, 0) is 32.4 Å². The van der Waals surface area contributed by atoms with Crippen molar-refractivity contribution in [2.24, 2.45) is 0 Å². The van der Waals surface area contributed by atoms with Gasteiger partial charge in [0.1, 0.15) is 0 Å². The second kappa shape index (κ2) is 9.85. The third-order valence-electron chi connectivity index (χ3n) is 2.54. The molecule has 0 aromatic heterocycles. The molecule has 0 bridgehead atoms. The summed E-state index contributed by atoms with van der Waals surface area (Å²) >= 11 is 5.51. The number of rotatable bonds is 9. The van der Waals surface area contributed by atoms with Crippen molar-refractivity contribution in [3.63, 3.8) is 0 Å². The quantitative estimate of drug-likeness (QED) is 0.558. The molecule has 14 heavy (non-hydrogen) atoms. The molecule has 0 N–H and O–H groups in total. The number of hydrogen-bond acceptors (Lipinski definition) is 1. The van der Waals surface area contributed by atoms with E-state index in [1.54, 1.807) is 0 Å². The van der Waals surface area contributed by atoms with Crippen LogP contribution in [0.25, 0.3) is 0 Å². The van der Waals surface area contributed by atoms with Gasteiger partial charge in [0.05, 0.1) is 5.37 Å². The van der Waals surface area contributed by atoms with Crippen molar-refractivity contribution in [1.29, 1.82) is 0 Å². The van der Waals surface area contributed by atoms with Crippen LogP contribution in [-0.4, -0.2) is 23.4 Å². The van der Waals surface area contributed by atoms with Crippen LogP contribution in [-0.2, 0) is 0 Å². The van der Waals surface area contributed by atoms with Gasteiger partial charge in [0.2, 0.25) is 0 Å². The van der Waals surface area contributed by atoms with Crippen molar-refractivity contribution in [2.45, 2.75) is 64.7 Å². The van der Waals surface area contributed by atoms with Crippen LogP contribution in [0.3, 0.4) is 0 Å². The molecule has 0 saturated heterocycles. The van der Waals surface area contributed by atoms with Crippen molar-refractivity contribution in [3.8, 4) is 0 Å². The molecule has 1 atom stereocenters. The van der Waals surface area contributed by atoms with Crippen molar-refractivity contribution in [2.75, 3.05) is 13.1 Å². The van der Waals surface area contributed by atoms with E-state index in [2.05, 4.69) is 25.7 Å². The monoisotopic (exact) mass is 216 g/mol. The Morgan fingerprint density at radius 2 is 1.43 bits per heavy atom. The van der Waals surface area contributed by atoms with E-state index in [0.717, 1.165) is 0 Å². The zero-order chi connectivity index (χ0) is 10.8. The molecule has 0 heterocycles. The Hall–Kier alpha value is 0.310. The molecule has 0 aliphatic carbocycles. The van der Waals surface area contributed by atoms with Crippen molar-refractivity contribution in [1.82, 2.24) is 4.90 Å². The molecular weight excluding hydrogens is 190 g/mol. The number of nitrogens with zero attached hydrogens (tertiary/aromatic N) is 1. The predicted octanol–water partition coefficient (Wildman–Crippen LogP) is 4.21. The predicted molar refractivity (Wildman–Crippen MR) is 67.7 cm³/mol. The van der Waals surface area contributed by atoms with Crippen molar-refractivity contribution >= 4 is 12.6 Å². The van der Waals surface area contributed by atoms with E-state index in [1.165, 1.54) is 51.6 Å². The zero-order valence-corrected chi connectivity index (χ0v) is 10.9. The Morgan fingerprint density at radius 3 is 1.79 bits per heavy atom. The smallest absolute Gasteiger partial charge is 0.0662 e. The summed E-state index contributed by atoms with van der Waals surface area (Å²) in [5.41, 5.74) is 0. The number of unbranched alkanes of at least 4 members (excludes halogenated alkanes) is 2. The zero-order valence-electron chi connectivity index (χ0n) is 10.1. The average molecular weight is 216 g/mol. The van der Waals surface area contributed by atoms with Crippen LogP contribution in [0.2, 0.25) is 0 Å². The molecule has 0 aromatic rings. The van der Waals surface area contributed by atoms with E-state index in [4.69, 9.17) is 12.6 Å². The highest BCUT2D eigenvalue weighted by atomic mass is 32.1. The van der Waals surface area contributed by atoms with Crippen LogP contribution >= 0.6 is 12.6 Å². The lowest BCUT2D eigenvalue weighted by molar-refractivity contribution is 0.240. The summed E-state index contributed by atoms with van der Waals surface area (Å²) in [4.78, 5) is 2.49. The van der Waals surface area contributed by atoms with Gasteiger partial charge in [-0.1, -0.05) is 52.7 Å². The molecule has 0 rings (SSSR count). The third kappa shape index (κ3) is 6.72. The molecule has 1 unspecified atom stereocenters. The molecular formula is C12H26NS. The topological polar surface area (TPSA) is 3.24 Å². The van der Waals surface area contributed by atoms with Crippen LogP contribution in [0.5, 0.6) is 0 Å². The molecule has 85 valence electrons. The Morgan fingerprint density at radius 1 is 0.929 bits per heavy atom. The Labute approximate surface area is 95.7 Å². The molecule has 0 aliphatic rings. The highest BCUT2D eigenvalue weighted by Crippen LogP contribution is 2.13. The molecule has 2 heteroatoms. The Balaban J connectivity index is 3.81. The van der Waals surface area contributed by atoms with Gasteiger partial charge in [-0.2, -0.15) is 0 Å². The van der Waals surface area contributed by atoms with Crippen LogP contribution in [0.4, 0.5) is 0 Å². The van der Waals surface area contributed by atoms with Gasteiger partial charge in [0.15, 0.2) is 0 Å². The van der Waals surface area contributed by atoms with Gasteiger partial charge in [0, 0.05) is 0 Å². The molecule has 0 aliphatic heterocycles. The Kier molecular flexibility index (Phi) is 10.1. The second-order valence-electron chi connectivity index (χ2n) is 3.99. The van der Waals surface area contributed by atoms with Crippen LogP contribution in [0.1, 0.15) is 59.3 Å². The molecule has 0 saturated carbocycles. The van der Waals surface area contributed by atoms with Crippen LogP contribution in [0, 0.1) is 0 Å². The maximum atomic E-state index is 5.51. The summed E-state index contributed by atoms with van der Waals surface area (Å²) in [7, 11) is 0. The summed E-state index contributed by atoms with van der Waals surface area (Å²) in [6, 6.07) is 0. The summed E-state index contributed by atoms with van der Waals surface area (Å²) in [5, 5.41) is 0.373. The van der Waals surface area contributed by atoms with Gasteiger partial charge in [-0.25, -0.2) is 0 Å². The molecule has 0 spiro atoms. The summed E-state index contributed by atoms with van der Waals surface area (Å²) in [5.74, 6) is 0. The first-order valence-corrected chi connectivity index (χ1v) is 6.63. The minimum Gasteiger partial charge on any atom is -0.291 e. The number of hydrogen-bond donors (Lipinski definition) is 0. The maximum absolute atomic E-state index is 5.51. The molecule has 0 amide bonds. The fourth-order valence-corrected chi connectivity index (χ4v) is 2.00. The van der Waals surface area contributed by atoms with Crippen molar-refractivity contribution < 1.29 is 0 Å². The van der Waals surface area contributed by atoms with E-state index in [0.29, 0.717) is 5.37 Å². The first kappa shape index (κ1) is 14.3. The van der Waals surface area contributed by atoms with E-state index >= 15 is 0 Å². The maximum Gasteiger partial charge on any atom is 0.0662 e. The second-order valence-corrected chi connectivity index (χ2v) is 4.53. The van der Waals surface area contributed by atoms with Crippen LogP contribution < -0.4 is 0 Å². The van der Waals surface area contributed by atoms with E-state index < -0.39 is 0 Å². The molecule has 1 radical (unpaired) electrons. The average Bonchev–Trinajstić information content (AvgIpc) is 2.18. The van der Waals surface area contributed by atoms with E-state index in [1.807, 2.05) is 0 Å². The van der Waals surface area contributed by atoms with E-state index in [9.17, 15) is 0 Å². The van der Waals surface area contributed by atoms with Gasteiger partial charge < -0.3 is 0 Å². The summed E-state index contributed by atoms with van der Waals surface area (Å²) in [6.45, 7) is 9.11.